The average molecular weight is 805 g/mol. The fourth-order valence-electron chi connectivity index (χ4n) is 6.31. The van der Waals surface area contributed by atoms with E-state index in [9.17, 15) is 30.0 Å². The second-order valence-electron chi connectivity index (χ2n) is 15.1. The Hall–Kier alpha value is -2.60. The molecule has 1 fully saturated rings. The first-order valence-corrected chi connectivity index (χ1v) is 22.4. The lowest BCUT2D eigenvalue weighted by Gasteiger charge is -2.39. The molecule has 10 heteroatoms. The van der Waals surface area contributed by atoms with Gasteiger partial charge in [-0.1, -0.05) is 152 Å². The van der Waals surface area contributed by atoms with E-state index in [0.29, 0.717) is 12.8 Å². The Balaban J connectivity index is 2.39. The van der Waals surface area contributed by atoms with Crippen molar-refractivity contribution >= 4 is 11.9 Å². The summed E-state index contributed by atoms with van der Waals surface area (Å²) >= 11 is 0. The number of esters is 2. The molecular formula is C47H80O10. The molecule has 1 aliphatic rings. The highest BCUT2D eigenvalue weighted by molar-refractivity contribution is 5.70. The van der Waals surface area contributed by atoms with Crippen LogP contribution < -0.4 is 0 Å². The van der Waals surface area contributed by atoms with Gasteiger partial charge in [0.25, 0.3) is 0 Å². The number of carbonyl (C=O) groups excluding carboxylic acids is 2. The fraction of sp³-hybridized carbons (Fsp3) is 0.745. The summed E-state index contributed by atoms with van der Waals surface area (Å²) in [6.45, 7) is 3.28. The molecule has 1 heterocycles. The van der Waals surface area contributed by atoms with E-state index in [1.807, 2.05) is 6.08 Å². The van der Waals surface area contributed by atoms with E-state index < -0.39 is 55.4 Å². The van der Waals surface area contributed by atoms with Crippen molar-refractivity contribution in [2.75, 3.05) is 19.8 Å². The number of allylic oxidation sites excluding steroid dienone is 10. The Morgan fingerprint density at radius 2 is 1.05 bits per heavy atom. The van der Waals surface area contributed by atoms with Crippen LogP contribution in [0.3, 0.4) is 0 Å². The summed E-state index contributed by atoms with van der Waals surface area (Å²) in [5.74, 6) is -0.903. The summed E-state index contributed by atoms with van der Waals surface area (Å²) < 4.78 is 22.1. The number of hydrogen-bond donors (Lipinski definition) is 4. The van der Waals surface area contributed by atoms with E-state index in [0.717, 1.165) is 57.8 Å². The maximum Gasteiger partial charge on any atom is 0.306 e. The first kappa shape index (κ1) is 52.4. The monoisotopic (exact) mass is 805 g/mol. The highest BCUT2D eigenvalue weighted by atomic mass is 16.7. The predicted octanol–water partition coefficient (Wildman–Crippen LogP) is 9.44. The van der Waals surface area contributed by atoms with Crippen LogP contribution in [-0.2, 0) is 28.5 Å². The SMILES string of the molecule is CCC/C=C/C/C=C/C/C=C/C/C=C/CCCCCC(=O)O[C@H](COC(=O)CC/C=C/CCCCCCCCCCCCC)CO[C@@H]1O[C@H](CO)[C@H](O)C(O)C1O. The summed E-state index contributed by atoms with van der Waals surface area (Å²) in [5.41, 5.74) is 0. The molecule has 4 N–H and O–H groups in total. The van der Waals surface area contributed by atoms with Gasteiger partial charge in [0.15, 0.2) is 12.4 Å². The van der Waals surface area contributed by atoms with E-state index in [-0.39, 0.29) is 26.1 Å². The molecule has 2 unspecified atom stereocenters. The second kappa shape index (κ2) is 37.7. The summed E-state index contributed by atoms with van der Waals surface area (Å²) in [4.78, 5) is 25.3. The average Bonchev–Trinajstić information content (AvgIpc) is 3.21. The van der Waals surface area contributed by atoms with Crippen molar-refractivity contribution in [3.05, 3.63) is 60.8 Å². The van der Waals surface area contributed by atoms with Gasteiger partial charge in [-0.2, -0.15) is 0 Å². The van der Waals surface area contributed by atoms with Gasteiger partial charge in [0.2, 0.25) is 0 Å². The Kier molecular flexibility index (Phi) is 34.6. The highest BCUT2D eigenvalue weighted by Gasteiger charge is 2.44. The standard InChI is InChI=1S/C47H80O10/c1-3-5-7-9-11-13-15-17-19-20-22-24-26-28-30-32-34-36-43(50)56-40(39-55-47-46(53)45(52)44(51)41(37-48)57-47)38-54-42(49)35-33-31-29-27-25-23-21-18-16-14-12-10-8-6-4-2/h7,9,13,15,19-20,24,26,29,31,40-41,44-48,51-53H,3-6,8,10-12,14,16-18,21-23,25,27-28,30,32-39H2,1-2H3/b9-7+,15-13+,20-19+,26-24+,31-29+/t40-,41-,44+,45?,46?,47-/m1/s1. The molecule has 328 valence electrons. The van der Waals surface area contributed by atoms with E-state index in [4.69, 9.17) is 18.9 Å². The molecule has 6 atom stereocenters. The molecule has 0 bridgehead atoms. The Morgan fingerprint density at radius 3 is 1.63 bits per heavy atom. The van der Waals surface area contributed by atoms with Crippen LogP contribution in [0, 0.1) is 0 Å². The van der Waals surface area contributed by atoms with E-state index in [1.165, 1.54) is 70.6 Å². The van der Waals surface area contributed by atoms with Crippen LogP contribution in [0.2, 0.25) is 0 Å². The van der Waals surface area contributed by atoms with Crippen molar-refractivity contribution in [2.45, 2.75) is 205 Å². The number of hydrogen-bond acceptors (Lipinski definition) is 10. The second-order valence-corrected chi connectivity index (χ2v) is 15.1. The molecule has 10 nitrogen and oxygen atoms in total. The minimum absolute atomic E-state index is 0.183. The smallest absolute Gasteiger partial charge is 0.306 e. The summed E-state index contributed by atoms with van der Waals surface area (Å²) in [5, 5.41) is 40.0. The summed E-state index contributed by atoms with van der Waals surface area (Å²) in [7, 11) is 0. The quantitative estimate of drug-likeness (QED) is 0.0274. The number of ether oxygens (including phenoxy) is 4. The normalized spacial score (nSPS) is 20.8. The van der Waals surface area contributed by atoms with Crippen molar-refractivity contribution in [1.82, 2.24) is 0 Å². The van der Waals surface area contributed by atoms with Crippen molar-refractivity contribution in [3.8, 4) is 0 Å². The lowest BCUT2D eigenvalue weighted by molar-refractivity contribution is -0.305. The molecule has 1 aliphatic heterocycles. The third-order valence-electron chi connectivity index (χ3n) is 9.87. The number of aliphatic hydroxyl groups excluding tert-OH is 4. The van der Waals surface area contributed by atoms with Gasteiger partial charge in [0.05, 0.1) is 13.2 Å². The van der Waals surface area contributed by atoms with Gasteiger partial charge < -0.3 is 39.4 Å². The lowest BCUT2D eigenvalue weighted by atomic mass is 9.99. The Labute approximate surface area is 345 Å². The van der Waals surface area contributed by atoms with Gasteiger partial charge in [0, 0.05) is 12.8 Å². The molecule has 0 aliphatic carbocycles. The van der Waals surface area contributed by atoms with Gasteiger partial charge in [-0.3, -0.25) is 9.59 Å². The number of rotatable bonds is 36. The molecule has 0 radical (unpaired) electrons. The largest absolute Gasteiger partial charge is 0.462 e. The first-order valence-electron chi connectivity index (χ1n) is 22.4. The van der Waals surface area contributed by atoms with Crippen LogP contribution in [0.15, 0.2) is 60.8 Å². The lowest BCUT2D eigenvalue weighted by Crippen LogP contribution is -2.59. The molecule has 0 amide bonds. The van der Waals surface area contributed by atoms with Crippen LogP contribution in [0.25, 0.3) is 0 Å². The predicted molar refractivity (Wildman–Crippen MR) is 228 cm³/mol. The van der Waals surface area contributed by atoms with Crippen LogP contribution in [-0.4, -0.2) is 89.0 Å². The third-order valence-corrected chi connectivity index (χ3v) is 9.87. The molecule has 0 aromatic carbocycles. The van der Waals surface area contributed by atoms with Crippen molar-refractivity contribution in [2.24, 2.45) is 0 Å². The summed E-state index contributed by atoms with van der Waals surface area (Å²) in [6, 6.07) is 0. The number of carbonyl (C=O) groups is 2. The van der Waals surface area contributed by atoms with Gasteiger partial charge in [-0.05, 0) is 64.2 Å². The van der Waals surface area contributed by atoms with Gasteiger partial charge >= 0.3 is 11.9 Å². The molecule has 0 saturated carbocycles. The van der Waals surface area contributed by atoms with Gasteiger partial charge in [-0.15, -0.1) is 0 Å². The third kappa shape index (κ3) is 29.3. The topological polar surface area (TPSA) is 152 Å². The molecular weight excluding hydrogens is 725 g/mol. The molecule has 1 saturated heterocycles. The van der Waals surface area contributed by atoms with Crippen LogP contribution in [0.4, 0.5) is 0 Å². The van der Waals surface area contributed by atoms with E-state index >= 15 is 0 Å². The molecule has 57 heavy (non-hydrogen) atoms. The minimum Gasteiger partial charge on any atom is -0.462 e. The minimum atomic E-state index is -1.61. The summed E-state index contributed by atoms with van der Waals surface area (Å²) in [6.07, 6.45) is 38.1. The maximum atomic E-state index is 12.8. The van der Waals surface area contributed by atoms with Crippen LogP contribution in [0.1, 0.15) is 168 Å². The van der Waals surface area contributed by atoms with Crippen molar-refractivity contribution in [3.63, 3.8) is 0 Å². The Bertz CT molecular complexity index is 1110. The van der Waals surface area contributed by atoms with Crippen LogP contribution >= 0.6 is 0 Å². The maximum absolute atomic E-state index is 12.8. The zero-order chi connectivity index (χ0) is 41.6. The molecule has 0 spiro atoms. The first-order chi connectivity index (χ1) is 27.8. The molecule has 0 aromatic heterocycles. The van der Waals surface area contributed by atoms with Gasteiger partial charge in [-0.25, -0.2) is 0 Å². The molecule has 0 aromatic rings. The number of aliphatic hydroxyl groups is 4. The molecule has 1 rings (SSSR count). The van der Waals surface area contributed by atoms with Crippen LogP contribution in [0.5, 0.6) is 0 Å². The fourth-order valence-corrected chi connectivity index (χ4v) is 6.31. The number of unbranched alkanes of at least 4 members (excludes halogenated alkanes) is 15. The van der Waals surface area contributed by atoms with Gasteiger partial charge in [0.1, 0.15) is 31.0 Å². The highest BCUT2D eigenvalue weighted by Crippen LogP contribution is 2.22. The zero-order valence-corrected chi connectivity index (χ0v) is 35.6. The van der Waals surface area contributed by atoms with Crippen molar-refractivity contribution in [1.29, 1.82) is 0 Å². The van der Waals surface area contributed by atoms with E-state index in [1.54, 1.807) is 0 Å². The zero-order valence-electron chi connectivity index (χ0n) is 35.6. The Morgan fingerprint density at radius 1 is 0.544 bits per heavy atom. The van der Waals surface area contributed by atoms with Crippen molar-refractivity contribution < 1.29 is 49.0 Å². The van der Waals surface area contributed by atoms with E-state index in [2.05, 4.69) is 68.5 Å².